The average molecular weight is 364 g/mol. The second-order valence-electron chi connectivity index (χ2n) is 6.14. The Bertz CT molecular complexity index is 825. The third-order valence-corrected chi connectivity index (χ3v) is 4.92. The molecule has 1 saturated heterocycles. The van der Waals surface area contributed by atoms with Crippen LogP contribution in [0.25, 0.3) is 5.69 Å². The Morgan fingerprint density at radius 3 is 2.48 bits per heavy atom. The van der Waals surface area contributed by atoms with E-state index in [0.717, 1.165) is 0 Å². The number of para-hydroxylation sites is 1. The normalized spacial score (nSPS) is 16.7. The summed E-state index contributed by atoms with van der Waals surface area (Å²) in [6, 6.07) is 7.20. The van der Waals surface area contributed by atoms with Crippen molar-refractivity contribution in [3.63, 3.8) is 0 Å². The van der Waals surface area contributed by atoms with Gasteiger partial charge < -0.3 is 15.1 Å². The van der Waals surface area contributed by atoms with Crippen LogP contribution in [0.2, 0.25) is 5.02 Å². The van der Waals surface area contributed by atoms with Crippen molar-refractivity contribution in [2.45, 2.75) is 25.4 Å². The first-order valence-corrected chi connectivity index (χ1v) is 8.26. The topological polar surface area (TPSA) is 95.7 Å². The number of halogens is 1. The Balaban J connectivity index is 1.81. The molecule has 1 aromatic heterocycles. The molecule has 0 atom stereocenters. The third kappa shape index (κ3) is 3.12. The summed E-state index contributed by atoms with van der Waals surface area (Å²) in [6.45, 7) is 2.14. The highest BCUT2D eigenvalue weighted by atomic mass is 35.5. The number of aliphatic hydroxyl groups is 1. The number of amides is 1. The van der Waals surface area contributed by atoms with E-state index in [1.54, 1.807) is 22.6 Å². The van der Waals surface area contributed by atoms with Crippen LogP contribution in [-0.2, 0) is 4.79 Å². The van der Waals surface area contributed by atoms with Gasteiger partial charge in [-0.1, -0.05) is 23.7 Å². The number of aromatic nitrogens is 2. The van der Waals surface area contributed by atoms with Crippen molar-refractivity contribution in [2.75, 3.05) is 13.1 Å². The van der Waals surface area contributed by atoms with Crippen molar-refractivity contribution in [1.29, 1.82) is 0 Å². The molecular weight excluding hydrogens is 346 g/mol. The molecule has 132 valence electrons. The second kappa shape index (κ2) is 6.50. The Labute approximate surface area is 149 Å². The van der Waals surface area contributed by atoms with E-state index in [9.17, 15) is 14.7 Å². The molecule has 0 saturated carbocycles. The number of hydrogen-bond acceptors (Lipinski definition) is 4. The highest BCUT2D eigenvalue weighted by Gasteiger charge is 2.40. The molecule has 8 heteroatoms. The molecule has 0 bridgehead atoms. The summed E-state index contributed by atoms with van der Waals surface area (Å²) in [5.41, 5.74) is 0.00517. The van der Waals surface area contributed by atoms with Crippen LogP contribution >= 0.6 is 11.6 Å². The third-order valence-electron chi connectivity index (χ3n) is 4.60. The molecule has 0 aliphatic carbocycles. The molecule has 1 amide bonds. The Morgan fingerprint density at radius 2 is 1.88 bits per heavy atom. The zero-order chi connectivity index (χ0) is 18.2. The highest BCUT2D eigenvalue weighted by molar-refractivity contribution is 6.32. The van der Waals surface area contributed by atoms with Crippen LogP contribution in [0.15, 0.2) is 30.5 Å². The van der Waals surface area contributed by atoms with Gasteiger partial charge in [-0.2, -0.15) is 5.10 Å². The zero-order valence-electron chi connectivity index (χ0n) is 13.6. The first-order valence-electron chi connectivity index (χ1n) is 7.88. The molecule has 0 spiro atoms. The van der Waals surface area contributed by atoms with E-state index < -0.39 is 11.6 Å². The number of carboxylic acid groups (broad SMARTS) is 1. The van der Waals surface area contributed by atoms with Gasteiger partial charge in [-0.3, -0.25) is 4.79 Å². The van der Waals surface area contributed by atoms with Gasteiger partial charge in [0.25, 0.3) is 5.91 Å². The Hall–Kier alpha value is -2.38. The molecule has 1 aliphatic heterocycles. The van der Waals surface area contributed by atoms with Crippen LogP contribution in [0, 0.1) is 6.92 Å². The first-order chi connectivity index (χ1) is 11.8. The maximum atomic E-state index is 12.7. The maximum Gasteiger partial charge on any atom is 0.335 e. The molecule has 1 aromatic carbocycles. The fourth-order valence-electron chi connectivity index (χ4n) is 2.95. The van der Waals surface area contributed by atoms with Gasteiger partial charge in [-0.25, -0.2) is 9.48 Å². The molecule has 2 N–H and O–H groups in total. The van der Waals surface area contributed by atoms with Gasteiger partial charge in [0, 0.05) is 25.9 Å². The average Bonchev–Trinajstić information content (AvgIpc) is 2.96. The number of nitrogens with zero attached hydrogens (tertiary/aromatic N) is 3. The van der Waals surface area contributed by atoms with Crippen LogP contribution in [-0.4, -0.2) is 55.5 Å². The van der Waals surface area contributed by atoms with Gasteiger partial charge in [0.2, 0.25) is 0 Å². The molecular formula is C17H18ClN3O4. The summed E-state index contributed by atoms with van der Waals surface area (Å²) in [5.74, 6) is -1.48. The van der Waals surface area contributed by atoms with Crippen molar-refractivity contribution in [2.24, 2.45) is 0 Å². The van der Waals surface area contributed by atoms with E-state index in [0.29, 0.717) is 22.0 Å². The molecule has 2 heterocycles. The standard InChI is InChI=1S/C17H18ClN3O4/c1-11-12(10-19-21(11)14-5-3-2-4-13(14)18)15(22)20-8-6-17(25,7-9-20)16(23)24/h2-5,10,25H,6-9H2,1H3,(H,23,24). The number of carbonyl (C=O) groups is 2. The molecule has 2 aromatic rings. The smallest absolute Gasteiger partial charge is 0.335 e. The number of likely N-dealkylation sites (tertiary alicyclic amines) is 1. The SMILES string of the molecule is Cc1c(C(=O)N2CCC(O)(C(=O)O)CC2)cnn1-c1ccccc1Cl. The van der Waals surface area contributed by atoms with E-state index in [-0.39, 0.29) is 31.8 Å². The van der Waals surface area contributed by atoms with E-state index in [4.69, 9.17) is 16.7 Å². The van der Waals surface area contributed by atoms with E-state index >= 15 is 0 Å². The molecule has 7 nitrogen and oxygen atoms in total. The first kappa shape index (κ1) is 17.4. The van der Waals surface area contributed by atoms with Gasteiger partial charge in [-0.15, -0.1) is 0 Å². The molecule has 1 aliphatic rings. The minimum Gasteiger partial charge on any atom is -0.479 e. The Morgan fingerprint density at radius 1 is 1.24 bits per heavy atom. The summed E-state index contributed by atoms with van der Waals surface area (Å²) in [5, 5.41) is 23.8. The van der Waals surface area contributed by atoms with Crippen molar-refractivity contribution in [3.05, 3.63) is 46.7 Å². The van der Waals surface area contributed by atoms with Crippen LogP contribution in [0.5, 0.6) is 0 Å². The number of carbonyl (C=O) groups excluding carboxylic acids is 1. The summed E-state index contributed by atoms with van der Waals surface area (Å²) in [4.78, 5) is 25.4. The van der Waals surface area contributed by atoms with Gasteiger partial charge in [0.1, 0.15) is 0 Å². The lowest BCUT2D eigenvalue weighted by atomic mass is 9.91. The number of aliphatic carboxylic acids is 1. The van der Waals surface area contributed by atoms with E-state index in [2.05, 4.69) is 5.10 Å². The summed E-state index contributed by atoms with van der Waals surface area (Å²) in [7, 11) is 0. The van der Waals surface area contributed by atoms with Crippen LogP contribution in [0.3, 0.4) is 0 Å². The minimum absolute atomic E-state index is 0.00573. The molecule has 0 radical (unpaired) electrons. The molecule has 0 unspecified atom stereocenters. The van der Waals surface area contributed by atoms with E-state index in [1.165, 1.54) is 6.20 Å². The van der Waals surface area contributed by atoms with Crippen LogP contribution in [0.4, 0.5) is 0 Å². The van der Waals surface area contributed by atoms with E-state index in [1.807, 2.05) is 18.2 Å². The number of piperidine rings is 1. The quantitative estimate of drug-likeness (QED) is 0.868. The van der Waals surface area contributed by atoms with Gasteiger partial charge >= 0.3 is 5.97 Å². The fourth-order valence-corrected chi connectivity index (χ4v) is 3.17. The number of rotatable bonds is 3. The lowest BCUT2D eigenvalue weighted by Crippen LogP contribution is -2.50. The molecule has 25 heavy (non-hydrogen) atoms. The highest BCUT2D eigenvalue weighted by Crippen LogP contribution is 2.26. The summed E-state index contributed by atoms with van der Waals surface area (Å²) >= 11 is 6.19. The zero-order valence-corrected chi connectivity index (χ0v) is 14.4. The Kier molecular flexibility index (Phi) is 4.53. The number of benzene rings is 1. The number of carboxylic acids is 1. The van der Waals surface area contributed by atoms with Crippen molar-refractivity contribution >= 4 is 23.5 Å². The monoisotopic (exact) mass is 363 g/mol. The lowest BCUT2D eigenvalue weighted by molar-refractivity contribution is -0.162. The minimum atomic E-state index is -1.76. The fraction of sp³-hybridized carbons (Fsp3) is 0.353. The van der Waals surface area contributed by atoms with Crippen LogP contribution in [0.1, 0.15) is 28.9 Å². The van der Waals surface area contributed by atoms with Crippen LogP contribution < -0.4 is 0 Å². The predicted octanol–water partition coefficient (Wildman–Crippen LogP) is 1.89. The second-order valence-corrected chi connectivity index (χ2v) is 6.54. The summed E-state index contributed by atoms with van der Waals surface area (Å²) < 4.78 is 1.60. The number of hydrogen-bond donors (Lipinski definition) is 2. The van der Waals surface area contributed by atoms with Crippen molar-refractivity contribution in [3.8, 4) is 5.69 Å². The molecule has 3 rings (SSSR count). The van der Waals surface area contributed by atoms with Gasteiger partial charge in [-0.05, 0) is 19.1 Å². The summed E-state index contributed by atoms with van der Waals surface area (Å²) in [6.07, 6.45) is 1.50. The maximum absolute atomic E-state index is 12.7. The van der Waals surface area contributed by atoms with Crippen molar-refractivity contribution < 1.29 is 19.8 Å². The largest absolute Gasteiger partial charge is 0.479 e. The van der Waals surface area contributed by atoms with Crippen molar-refractivity contribution in [1.82, 2.24) is 14.7 Å². The van der Waals surface area contributed by atoms with Gasteiger partial charge in [0.15, 0.2) is 5.60 Å². The molecule has 1 fully saturated rings. The predicted molar refractivity (Wildman–Crippen MR) is 91.0 cm³/mol. The lowest BCUT2D eigenvalue weighted by Gasteiger charge is -2.35. The van der Waals surface area contributed by atoms with Gasteiger partial charge in [0.05, 0.1) is 28.2 Å².